The lowest BCUT2D eigenvalue weighted by molar-refractivity contribution is -0.141. The van der Waals surface area contributed by atoms with Crippen LogP contribution in [0.15, 0.2) is 18.5 Å². The van der Waals surface area contributed by atoms with Crippen LogP contribution in [0.1, 0.15) is 16.3 Å². The summed E-state index contributed by atoms with van der Waals surface area (Å²) in [7, 11) is 0. The van der Waals surface area contributed by atoms with Crippen LogP contribution in [0.3, 0.4) is 0 Å². The van der Waals surface area contributed by atoms with Gasteiger partial charge in [-0.1, -0.05) is 0 Å². The number of fused-ring (bicyclic) bond motifs is 1. The number of halogens is 3. The number of hydrogen-bond acceptors (Lipinski definition) is 3. The standard InChI is InChI=1S/C8H4F3N3O2/c9-8(10,11)4-1-2-14-5(13-4)3-12-6(14)7(15)16/h1-3H,(H,15,16). The van der Waals surface area contributed by atoms with Crippen molar-refractivity contribution >= 4 is 11.6 Å². The summed E-state index contributed by atoms with van der Waals surface area (Å²) in [6.07, 6.45) is -2.62. The maximum atomic E-state index is 12.3. The van der Waals surface area contributed by atoms with Gasteiger partial charge in [-0.25, -0.2) is 14.8 Å². The second-order valence-corrected chi connectivity index (χ2v) is 2.93. The molecule has 8 heteroatoms. The van der Waals surface area contributed by atoms with E-state index in [1.54, 1.807) is 0 Å². The smallest absolute Gasteiger partial charge is 0.433 e. The Balaban J connectivity index is 2.62. The second kappa shape index (κ2) is 3.19. The van der Waals surface area contributed by atoms with Crippen LogP contribution in [-0.4, -0.2) is 25.4 Å². The van der Waals surface area contributed by atoms with Crippen molar-refractivity contribution in [2.24, 2.45) is 0 Å². The van der Waals surface area contributed by atoms with Gasteiger partial charge in [0, 0.05) is 6.20 Å². The number of hydrogen-bond donors (Lipinski definition) is 1. The monoisotopic (exact) mass is 231 g/mol. The molecule has 2 aromatic rings. The average Bonchev–Trinajstić information content (AvgIpc) is 2.58. The van der Waals surface area contributed by atoms with Crippen molar-refractivity contribution in [2.45, 2.75) is 6.18 Å². The quantitative estimate of drug-likeness (QED) is 0.806. The molecular formula is C8H4F3N3O2. The van der Waals surface area contributed by atoms with Crippen LogP contribution in [0.4, 0.5) is 13.2 Å². The van der Waals surface area contributed by atoms with Crippen molar-refractivity contribution in [3.05, 3.63) is 30.0 Å². The Labute approximate surface area is 86.2 Å². The van der Waals surface area contributed by atoms with Crippen molar-refractivity contribution in [1.29, 1.82) is 0 Å². The Bertz CT molecular complexity index is 561. The van der Waals surface area contributed by atoms with Crippen molar-refractivity contribution < 1.29 is 23.1 Å². The number of rotatable bonds is 1. The molecule has 5 nitrogen and oxygen atoms in total. The number of nitrogens with zero attached hydrogens (tertiary/aromatic N) is 3. The summed E-state index contributed by atoms with van der Waals surface area (Å²) in [6.45, 7) is 0. The van der Waals surface area contributed by atoms with E-state index in [0.717, 1.165) is 16.8 Å². The zero-order valence-electron chi connectivity index (χ0n) is 7.56. The van der Waals surface area contributed by atoms with E-state index in [9.17, 15) is 18.0 Å². The first-order valence-electron chi connectivity index (χ1n) is 4.04. The molecule has 0 bridgehead atoms. The molecule has 2 rings (SSSR count). The lowest BCUT2D eigenvalue weighted by Gasteiger charge is -2.05. The molecule has 0 amide bonds. The van der Waals surface area contributed by atoms with E-state index in [4.69, 9.17) is 5.11 Å². The van der Waals surface area contributed by atoms with Crippen molar-refractivity contribution in [1.82, 2.24) is 14.4 Å². The summed E-state index contributed by atoms with van der Waals surface area (Å²) in [4.78, 5) is 17.3. The fourth-order valence-electron chi connectivity index (χ4n) is 1.20. The first-order chi connectivity index (χ1) is 7.39. The van der Waals surface area contributed by atoms with Crippen LogP contribution in [0.5, 0.6) is 0 Å². The minimum absolute atomic E-state index is 0.160. The second-order valence-electron chi connectivity index (χ2n) is 2.93. The Morgan fingerprint density at radius 2 is 2.12 bits per heavy atom. The van der Waals surface area contributed by atoms with Gasteiger partial charge in [-0.3, -0.25) is 4.40 Å². The molecule has 2 heterocycles. The van der Waals surface area contributed by atoms with Gasteiger partial charge in [0.1, 0.15) is 5.69 Å². The number of aromatic carboxylic acids is 1. The Morgan fingerprint density at radius 1 is 1.44 bits per heavy atom. The summed E-state index contributed by atoms with van der Waals surface area (Å²) in [5.41, 5.74) is -1.25. The molecule has 1 N–H and O–H groups in total. The van der Waals surface area contributed by atoms with Crippen LogP contribution in [0.2, 0.25) is 0 Å². The van der Waals surface area contributed by atoms with Gasteiger partial charge in [-0.2, -0.15) is 13.2 Å². The Kier molecular flexibility index (Phi) is 2.07. The van der Waals surface area contributed by atoms with Gasteiger partial charge in [-0.15, -0.1) is 0 Å². The third-order valence-corrected chi connectivity index (χ3v) is 1.88. The molecule has 0 aliphatic heterocycles. The van der Waals surface area contributed by atoms with E-state index >= 15 is 0 Å². The zero-order chi connectivity index (χ0) is 11.9. The fraction of sp³-hybridized carbons (Fsp3) is 0.125. The van der Waals surface area contributed by atoms with E-state index in [0.29, 0.717) is 6.07 Å². The van der Waals surface area contributed by atoms with E-state index < -0.39 is 17.8 Å². The maximum absolute atomic E-state index is 12.3. The van der Waals surface area contributed by atoms with E-state index in [1.165, 1.54) is 0 Å². The summed E-state index contributed by atoms with van der Waals surface area (Å²) in [5, 5.41) is 8.67. The highest BCUT2D eigenvalue weighted by Gasteiger charge is 2.32. The number of carboxylic acid groups (broad SMARTS) is 1. The van der Waals surface area contributed by atoms with Crippen LogP contribution in [0, 0.1) is 0 Å². The van der Waals surface area contributed by atoms with Gasteiger partial charge in [0.05, 0.1) is 6.20 Å². The summed E-state index contributed by atoms with van der Waals surface area (Å²) in [5.74, 6) is -1.71. The molecule has 0 spiro atoms. The van der Waals surface area contributed by atoms with Crippen LogP contribution < -0.4 is 0 Å². The molecule has 0 saturated carbocycles. The molecule has 0 unspecified atom stereocenters. The van der Waals surface area contributed by atoms with E-state index in [2.05, 4.69) is 9.97 Å². The van der Waals surface area contributed by atoms with Crippen LogP contribution in [-0.2, 0) is 6.18 Å². The van der Waals surface area contributed by atoms with E-state index in [1.807, 2.05) is 0 Å². The zero-order valence-corrected chi connectivity index (χ0v) is 7.56. The van der Waals surface area contributed by atoms with E-state index in [-0.39, 0.29) is 11.5 Å². The minimum atomic E-state index is -4.56. The SMILES string of the molecule is O=C(O)c1ncc2nc(C(F)(F)F)ccn12. The Morgan fingerprint density at radius 3 is 2.69 bits per heavy atom. The molecule has 0 atom stereocenters. The number of aromatic nitrogens is 3. The molecule has 0 aromatic carbocycles. The molecule has 2 aromatic heterocycles. The van der Waals surface area contributed by atoms with Gasteiger partial charge in [0.25, 0.3) is 0 Å². The third kappa shape index (κ3) is 1.58. The topological polar surface area (TPSA) is 67.5 Å². The normalized spacial score (nSPS) is 11.9. The number of imidazole rings is 1. The maximum Gasteiger partial charge on any atom is 0.433 e. The predicted molar refractivity (Wildman–Crippen MR) is 44.9 cm³/mol. The van der Waals surface area contributed by atoms with Crippen molar-refractivity contribution in [2.75, 3.05) is 0 Å². The molecule has 0 saturated heterocycles. The number of carbonyl (C=O) groups is 1. The van der Waals surface area contributed by atoms with Crippen LogP contribution >= 0.6 is 0 Å². The predicted octanol–water partition coefficient (Wildman–Crippen LogP) is 1.45. The fourth-order valence-corrected chi connectivity index (χ4v) is 1.20. The van der Waals surface area contributed by atoms with Gasteiger partial charge in [0.15, 0.2) is 5.65 Å². The molecule has 0 aliphatic carbocycles. The first-order valence-corrected chi connectivity index (χ1v) is 4.04. The van der Waals surface area contributed by atoms with Crippen molar-refractivity contribution in [3.8, 4) is 0 Å². The van der Waals surface area contributed by atoms with Gasteiger partial charge in [-0.05, 0) is 6.07 Å². The first kappa shape index (κ1) is 10.4. The highest BCUT2D eigenvalue weighted by molar-refractivity contribution is 5.84. The summed E-state index contributed by atoms with van der Waals surface area (Å²) in [6, 6.07) is 0.696. The van der Waals surface area contributed by atoms with Gasteiger partial charge >= 0.3 is 12.1 Å². The molecule has 0 fully saturated rings. The molecule has 16 heavy (non-hydrogen) atoms. The highest BCUT2D eigenvalue weighted by atomic mass is 19.4. The van der Waals surface area contributed by atoms with Gasteiger partial charge in [0.2, 0.25) is 5.82 Å². The van der Waals surface area contributed by atoms with Gasteiger partial charge < -0.3 is 5.11 Å². The number of alkyl halides is 3. The van der Waals surface area contributed by atoms with Crippen molar-refractivity contribution in [3.63, 3.8) is 0 Å². The lowest BCUT2D eigenvalue weighted by Crippen LogP contribution is -2.10. The molecular weight excluding hydrogens is 227 g/mol. The molecule has 0 radical (unpaired) electrons. The molecule has 84 valence electrons. The molecule has 0 aliphatic rings. The average molecular weight is 231 g/mol. The Hall–Kier alpha value is -2.12. The largest absolute Gasteiger partial charge is 0.475 e. The summed E-state index contributed by atoms with van der Waals surface area (Å²) >= 11 is 0. The third-order valence-electron chi connectivity index (χ3n) is 1.88. The summed E-state index contributed by atoms with van der Waals surface area (Å²) < 4.78 is 37.8. The highest BCUT2D eigenvalue weighted by Crippen LogP contribution is 2.27. The van der Waals surface area contributed by atoms with Crippen LogP contribution in [0.25, 0.3) is 5.65 Å². The minimum Gasteiger partial charge on any atom is -0.475 e. The number of carboxylic acids is 1. The lowest BCUT2D eigenvalue weighted by atomic mass is 10.4.